The first-order valence-corrected chi connectivity index (χ1v) is 9.90. The summed E-state index contributed by atoms with van der Waals surface area (Å²) in [5.74, 6) is 0.355. The number of benzene rings is 1. The zero-order valence-electron chi connectivity index (χ0n) is 17.0. The summed E-state index contributed by atoms with van der Waals surface area (Å²) in [6.45, 7) is 1.96. The van der Waals surface area contributed by atoms with Crippen molar-refractivity contribution in [1.82, 2.24) is 20.2 Å². The molecule has 0 atom stereocenters. The maximum Gasteiger partial charge on any atom is 0.209 e. The first-order valence-electron chi connectivity index (χ1n) is 9.90. The number of Topliss-reactive ketones (excluding diaryl/α,β-unsaturated/α-hetero) is 1. The monoisotopic (exact) mass is 403 g/mol. The van der Waals surface area contributed by atoms with E-state index in [9.17, 15) is 10.1 Å². The molecule has 0 bridgehead atoms. The first kappa shape index (κ1) is 21.1. The molecule has 8 nitrogen and oxygen atoms in total. The lowest BCUT2D eigenvalue weighted by atomic mass is 9.98. The molecule has 0 aliphatic carbocycles. The topological polar surface area (TPSA) is 132 Å². The molecule has 1 aromatic carbocycles. The van der Waals surface area contributed by atoms with Crippen molar-refractivity contribution in [3.8, 4) is 17.5 Å². The molecule has 0 saturated carbocycles. The number of hydrogen-bond donors (Lipinski definition) is 3. The van der Waals surface area contributed by atoms with Crippen LogP contribution in [0.1, 0.15) is 40.7 Å². The number of amidine groups is 1. The van der Waals surface area contributed by atoms with Gasteiger partial charge in [0.1, 0.15) is 5.84 Å². The minimum Gasteiger partial charge on any atom is -0.385 e. The molecular weight excluding hydrogens is 378 g/mol. The quantitative estimate of drug-likeness (QED) is 0.292. The number of carbonyl (C=O) groups excluding carboxylic acids is 1. The van der Waals surface area contributed by atoms with E-state index in [1.165, 1.54) is 12.5 Å². The van der Waals surface area contributed by atoms with E-state index in [-0.39, 0.29) is 11.5 Å². The minimum absolute atomic E-state index is 0.278. The van der Waals surface area contributed by atoms with Crippen molar-refractivity contribution in [2.24, 2.45) is 5.73 Å². The predicted octanol–water partition coefficient (Wildman–Crippen LogP) is 2.22. The maximum absolute atomic E-state index is 13.3. The summed E-state index contributed by atoms with van der Waals surface area (Å²) in [7, 11) is 1.65. The molecule has 4 N–H and O–H groups in total. The van der Waals surface area contributed by atoms with E-state index in [0.717, 1.165) is 31.5 Å². The number of nitrogens with one attached hydrogen (secondary N) is 2. The van der Waals surface area contributed by atoms with Gasteiger partial charge >= 0.3 is 0 Å². The van der Waals surface area contributed by atoms with Crippen molar-refractivity contribution >= 4 is 11.6 Å². The standard InChI is InChI=1S/C22H25N7O/c1-26-19(10-20(25)29-7-3-2-4-8-29)21(30)18-9-15(11-23)5-6-17(18)22-27-13-16(12-24)14-28-22/h5-6,9-10,13-14,25-26H,2-4,7-8,12,24H2,1H3/b19-10-,25-20?. The van der Waals surface area contributed by atoms with Crippen molar-refractivity contribution in [3.05, 3.63) is 59.1 Å². The van der Waals surface area contributed by atoms with E-state index in [1.54, 1.807) is 37.7 Å². The van der Waals surface area contributed by atoms with Crippen molar-refractivity contribution in [2.75, 3.05) is 20.1 Å². The number of ketones is 1. The summed E-state index contributed by atoms with van der Waals surface area (Å²) in [4.78, 5) is 24.0. The maximum atomic E-state index is 13.3. The fourth-order valence-corrected chi connectivity index (χ4v) is 3.36. The van der Waals surface area contributed by atoms with Crippen molar-refractivity contribution in [2.45, 2.75) is 25.8 Å². The lowest BCUT2D eigenvalue weighted by molar-refractivity contribution is 0.102. The molecule has 30 heavy (non-hydrogen) atoms. The van der Waals surface area contributed by atoms with Gasteiger partial charge in [0.15, 0.2) is 5.82 Å². The number of likely N-dealkylation sites (tertiary alicyclic amines) is 1. The van der Waals surface area contributed by atoms with Crippen LogP contribution in [-0.2, 0) is 6.54 Å². The highest BCUT2D eigenvalue weighted by Gasteiger charge is 2.21. The number of hydrogen-bond acceptors (Lipinski definition) is 7. The Balaban J connectivity index is 1.98. The third-order valence-electron chi connectivity index (χ3n) is 5.07. The lowest BCUT2D eigenvalue weighted by Crippen LogP contribution is -2.35. The first-order chi connectivity index (χ1) is 14.6. The zero-order chi connectivity index (χ0) is 21.5. The van der Waals surface area contributed by atoms with Crippen LogP contribution in [0.15, 0.2) is 42.4 Å². The van der Waals surface area contributed by atoms with Gasteiger partial charge in [0, 0.05) is 61.8 Å². The molecule has 1 saturated heterocycles. The van der Waals surface area contributed by atoms with Crippen LogP contribution < -0.4 is 11.1 Å². The third-order valence-corrected chi connectivity index (χ3v) is 5.07. The number of rotatable bonds is 6. The molecule has 8 heteroatoms. The van der Waals surface area contributed by atoms with Crippen LogP contribution in [0, 0.1) is 16.7 Å². The van der Waals surface area contributed by atoms with Crippen molar-refractivity contribution < 1.29 is 4.79 Å². The van der Waals surface area contributed by atoms with Crippen LogP contribution in [0.3, 0.4) is 0 Å². The number of nitrogens with zero attached hydrogens (tertiary/aromatic N) is 4. The van der Waals surface area contributed by atoms with Gasteiger partial charge in [-0.2, -0.15) is 5.26 Å². The third kappa shape index (κ3) is 4.70. The number of piperidine rings is 1. The highest BCUT2D eigenvalue weighted by atomic mass is 16.1. The Morgan fingerprint density at radius 1 is 1.30 bits per heavy atom. The Hall–Kier alpha value is -3.57. The predicted molar refractivity (Wildman–Crippen MR) is 115 cm³/mol. The van der Waals surface area contributed by atoms with E-state index in [0.29, 0.717) is 34.9 Å². The Kier molecular flexibility index (Phi) is 6.88. The summed E-state index contributed by atoms with van der Waals surface area (Å²) >= 11 is 0. The van der Waals surface area contributed by atoms with E-state index in [2.05, 4.69) is 21.4 Å². The van der Waals surface area contributed by atoms with E-state index < -0.39 is 0 Å². The van der Waals surface area contributed by atoms with Crippen molar-refractivity contribution in [1.29, 1.82) is 10.7 Å². The molecule has 0 unspecified atom stereocenters. The fourth-order valence-electron chi connectivity index (χ4n) is 3.36. The molecule has 154 valence electrons. The van der Waals surface area contributed by atoms with Crippen LogP contribution in [0.5, 0.6) is 0 Å². The molecule has 3 rings (SSSR count). The van der Waals surface area contributed by atoms with Crippen LogP contribution in [0.25, 0.3) is 11.4 Å². The number of nitrogens with two attached hydrogens (primary N) is 1. The molecule has 1 fully saturated rings. The van der Waals surface area contributed by atoms with Gasteiger partial charge in [-0.25, -0.2) is 9.97 Å². The van der Waals surface area contributed by atoms with Gasteiger partial charge in [0.2, 0.25) is 5.78 Å². The Bertz CT molecular complexity index is 999. The van der Waals surface area contributed by atoms with Gasteiger partial charge in [0.05, 0.1) is 17.3 Å². The molecule has 0 radical (unpaired) electrons. The number of likely N-dealkylation sites (N-methyl/N-ethyl adjacent to an activating group) is 1. The molecule has 1 aromatic heterocycles. The van der Waals surface area contributed by atoms with E-state index >= 15 is 0 Å². The number of nitriles is 1. The Morgan fingerprint density at radius 2 is 2.00 bits per heavy atom. The number of allylic oxidation sites excluding steroid dienone is 1. The van der Waals surface area contributed by atoms with Gasteiger partial charge in [-0.1, -0.05) is 0 Å². The van der Waals surface area contributed by atoms with E-state index in [4.69, 9.17) is 11.1 Å². The smallest absolute Gasteiger partial charge is 0.209 e. The molecular formula is C22H25N7O. The van der Waals surface area contributed by atoms with E-state index in [1.807, 2.05) is 4.90 Å². The van der Waals surface area contributed by atoms with Crippen LogP contribution in [0.4, 0.5) is 0 Å². The summed E-state index contributed by atoms with van der Waals surface area (Å²) in [5.41, 5.74) is 7.86. The highest BCUT2D eigenvalue weighted by Crippen LogP contribution is 2.24. The summed E-state index contributed by atoms with van der Waals surface area (Å²) in [6, 6.07) is 6.91. The summed E-state index contributed by atoms with van der Waals surface area (Å²) in [6.07, 6.45) is 8.05. The van der Waals surface area contributed by atoms with Gasteiger partial charge in [-0.3, -0.25) is 10.2 Å². The SMILES string of the molecule is CN/C(=C\C(=N)N1CCCCC1)C(=O)c1cc(C#N)ccc1-c1ncc(CN)cn1. The largest absolute Gasteiger partial charge is 0.385 e. The molecule has 0 amide bonds. The molecule has 2 heterocycles. The second kappa shape index (κ2) is 9.76. The molecule has 1 aliphatic heterocycles. The second-order valence-electron chi connectivity index (χ2n) is 7.06. The van der Waals surface area contributed by atoms with Gasteiger partial charge in [-0.15, -0.1) is 0 Å². The summed E-state index contributed by atoms with van der Waals surface area (Å²) in [5, 5.41) is 20.6. The molecule has 2 aromatic rings. The Morgan fingerprint density at radius 3 is 2.60 bits per heavy atom. The minimum atomic E-state index is -0.321. The van der Waals surface area contributed by atoms with Gasteiger partial charge in [-0.05, 0) is 37.5 Å². The molecule has 1 aliphatic rings. The average Bonchev–Trinajstić information content (AvgIpc) is 2.82. The van der Waals surface area contributed by atoms with Crippen molar-refractivity contribution in [3.63, 3.8) is 0 Å². The van der Waals surface area contributed by atoms with Gasteiger partial charge in [0.25, 0.3) is 0 Å². The fraction of sp³-hybridized carbons (Fsp3) is 0.318. The normalized spacial score (nSPS) is 14.2. The highest BCUT2D eigenvalue weighted by molar-refractivity contribution is 6.14. The van der Waals surface area contributed by atoms with Gasteiger partial charge < -0.3 is 16.0 Å². The number of carbonyl (C=O) groups is 1. The number of aromatic nitrogens is 2. The lowest BCUT2D eigenvalue weighted by Gasteiger charge is -2.27. The zero-order valence-corrected chi connectivity index (χ0v) is 17.0. The summed E-state index contributed by atoms with van der Waals surface area (Å²) < 4.78 is 0. The van der Waals surface area contributed by atoms with Crippen LogP contribution in [0.2, 0.25) is 0 Å². The average molecular weight is 403 g/mol. The van der Waals surface area contributed by atoms with Crippen LogP contribution >= 0.6 is 0 Å². The molecule has 0 spiro atoms. The second-order valence-corrected chi connectivity index (χ2v) is 7.06. The van der Waals surface area contributed by atoms with Crippen LogP contribution in [-0.4, -0.2) is 46.6 Å². The Labute approximate surface area is 176 Å².